The van der Waals surface area contributed by atoms with Crippen LogP contribution in [0.25, 0.3) is 0 Å². The third kappa shape index (κ3) is 4.45. The Morgan fingerprint density at radius 3 is 2.33 bits per heavy atom. The molecular weight excluding hydrogens is 446 g/mol. The lowest BCUT2D eigenvalue weighted by molar-refractivity contribution is -0.122. The van der Waals surface area contributed by atoms with Crippen LogP contribution < -0.4 is 4.90 Å². The van der Waals surface area contributed by atoms with Crippen molar-refractivity contribution in [2.75, 3.05) is 18.0 Å². The van der Waals surface area contributed by atoms with Gasteiger partial charge in [-0.3, -0.25) is 9.69 Å². The number of nitrogens with zero attached hydrogens (tertiary/aromatic N) is 3. The average molecular weight is 472 g/mol. The highest BCUT2D eigenvalue weighted by Gasteiger charge is 2.39. The highest BCUT2D eigenvalue weighted by Crippen LogP contribution is 2.50. The number of anilines is 1. The third-order valence-corrected chi connectivity index (χ3v) is 8.09. The molecule has 0 aromatic heterocycles. The first-order valence-electron chi connectivity index (χ1n) is 11.1. The van der Waals surface area contributed by atoms with E-state index in [0.29, 0.717) is 6.54 Å². The number of rotatable bonds is 5. The van der Waals surface area contributed by atoms with Crippen LogP contribution in [-0.4, -0.2) is 29.1 Å². The minimum atomic E-state index is 0.0375. The van der Waals surface area contributed by atoms with E-state index in [1.807, 2.05) is 41.3 Å². The minimum absolute atomic E-state index is 0.0375. The van der Waals surface area contributed by atoms with Crippen molar-refractivity contribution in [3.05, 3.63) is 99.9 Å². The maximum absolute atomic E-state index is 13.7. The van der Waals surface area contributed by atoms with Crippen molar-refractivity contribution in [1.29, 1.82) is 0 Å². The molecule has 1 amide bonds. The summed E-state index contributed by atoms with van der Waals surface area (Å²) in [7, 11) is 0. The number of hydrogen-bond donors (Lipinski definition) is 0. The summed E-state index contributed by atoms with van der Waals surface area (Å²) in [5.41, 5.74) is 4.43. The van der Waals surface area contributed by atoms with Crippen molar-refractivity contribution in [2.45, 2.75) is 25.2 Å². The fourth-order valence-corrected chi connectivity index (χ4v) is 6.37. The summed E-state index contributed by atoms with van der Waals surface area (Å²) >= 11 is 3.17. The molecule has 2 aliphatic rings. The van der Waals surface area contributed by atoms with E-state index in [9.17, 15) is 4.79 Å². The second-order valence-electron chi connectivity index (χ2n) is 7.97. The van der Waals surface area contributed by atoms with E-state index in [4.69, 9.17) is 4.99 Å². The Bertz CT molecular complexity index is 1240. The molecule has 0 aliphatic carbocycles. The number of benzene rings is 3. The number of aryl methyl sites for hydroxylation is 1. The first-order valence-corrected chi connectivity index (χ1v) is 12.7. The van der Waals surface area contributed by atoms with Crippen molar-refractivity contribution >= 4 is 46.0 Å². The van der Waals surface area contributed by atoms with E-state index in [0.717, 1.165) is 33.8 Å². The molecule has 33 heavy (non-hydrogen) atoms. The zero-order chi connectivity index (χ0) is 22.8. The van der Waals surface area contributed by atoms with Crippen molar-refractivity contribution in [3.63, 3.8) is 0 Å². The summed E-state index contributed by atoms with van der Waals surface area (Å²) in [5.74, 6) is 0.0375. The van der Waals surface area contributed by atoms with Gasteiger partial charge in [0.2, 0.25) is 0 Å². The average Bonchev–Trinajstić information content (AvgIpc) is 3.36. The van der Waals surface area contributed by atoms with Crippen LogP contribution in [0, 0.1) is 6.92 Å². The van der Waals surface area contributed by atoms with Gasteiger partial charge in [-0.25, -0.2) is 4.99 Å². The van der Waals surface area contributed by atoms with Crippen molar-refractivity contribution < 1.29 is 4.79 Å². The highest BCUT2D eigenvalue weighted by molar-refractivity contribution is 8.19. The molecule has 2 heterocycles. The predicted octanol–water partition coefficient (Wildman–Crippen LogP) is 6.60. The summed E-state index contributed by atoms with van der Waals surface area (Å²) in [4.78, 5) is 24.6. The topological polar surface area (TPSA) is 35.9 Å². The third-order valence-electron chi connectivity index (χ3n) is 5.71. The van der Waals surface area contributed by atoms with Crippen molar-refractivity contribution in [3.8, 4) is 0 Å². The minimum Gasteiger partial charge on any atom is -0.334 e. The number of thioether (sulfide) groups is 2. The lowest BCUT2D eigenvalue weighted by Gasteiger charge is -2.19. The van der Waals surface area contributed by atoms with E-state index in [2.05, 4.69) is 61.2 Å². The van der Waals surface area contributed by atoms with Crippen molar-refractivity contribution in [1.82, 2.24) is 4.90 Å². The highest BCUT2D eigenvalue weighted by atomic mass is 32.2. The van der Waals surface area contributed by atoms with E-state index in [-0.39, 0.29) is 5.91 Å². The van der Waals surface area contributed by atoms with Crippen LogP contribution in [-0.2, 0) is 11.2 Å². The number of carbonyl (C=O) groups is 1. The number of amides is 1. The summed E-state index contributed by atoms with van der Waals surface area (Å²) in [6.07, 6.45) is 0.785. The number of carbonyl (C=O) groups excluding carboxylic acids is 1. The van der Waals surface area contributed by atoms with Crippen LogP contribution in [0.4, 0.5) is 11.4 Å². The molecule has 2 aliphatic heterocycles. The zero-order valence-corrected chi connectivity index (χ0v) is 20.3. The molecule has 0 atom stereocenters. The van der Waals surface area contributed by atoms with E-state index >= 15 is 0 Å². The smallest absolute Gasteiger partial charge is 0.269 e. The summed E-state index contributed by atoms with van der Waals surface area (Å²) in [6.45, 7) is 5.60. The number of para-hydroxylation sites is 1. The molecule has 1 saturated heterocycles. The molecule has 0 spiro atoms. The largest absolute Gasteiger partial charge is 0.334 e. The van der Waals surface area contributed by atoms with Gasteiger partial charge in [0.15, 0.2) is 5.17 Å². The molecule has 3 aromatic rings. The molecule has 0 radical (unpaired) electrons. The Morgan fingerprint density at radius 1 is 0.848 bits per heavy atom. The Balaban J connectivity index is 1.51. The van der Waals surface area contributed by atoms with Crippen LogP contribution in [0.1, 0.15) is 18.1 Å². The molecule has 5 rings (SSSR count). The second kappa shape index (κ2) is 9.49. The van der Waals surface area contributed by atoms with Crippen LogP contribution in [0.15, 0.2) is 98.7 Å². The molecule has 6 heteroatoms. The van der Waals surface area contributed by atoms with Gasteiger partial charge in [-0.15, -0.1) is 0 Å². The van der Waals surface area contributed by atoms with Gasteiger partial charge in [-0.1, -0.05) is 71.9 Å². The zero-order valence-electron chi connectivity index (χ0n) is 18.7. The van der Waals surface area contributed by atoms with E-state index in [1.54, 1.807) is 11.8 Å². The van der Waals surface area contributed by atoms with Crippen LogP contribution in [0.3, 0.4) is 0 Å². The van der Waals surface area contributed by atoms with Gasteiger partial charge in [-0.2, -0.15) is 0 Å². The van der Waals surface area contributed by atoms with Gasteiger partial charge in [0.05, 0.1) is 11.4 Å². The van der Waals surface area contributed by atoms with Crippen LogP contribution >= 0.6 is 23.5 Å². The molecule has 1 fully saturated rings. The summed E-state index contributed by atoms with van der Waals surface area (Å²) in [6, 6.07) is 26.8. The number of amidine groups is 1. The molecule has 0 bridgehead atoms. The molecule has 0 saturated carbocycles. The number of hydrogen-bond acceptors (Lipinski definition) is 5. The SMILES string of the molecule is CCN1/C(=C2/SC(=Nc3ccc(C)cc3)N(CCc3ccccc3)C2=O)Sc2ccccc21. The van der Waals surface area contributed by atoms with E-state index in [1.165, 1.54) is 33.5 Å². The van der Waals surface area contributed by atoms with Gasteiger partial charge in [0, 0.05) is 18.0 Å². The molecule has 4 nitrogen and oxygen atoms in total. The van der Waals surface area contributed by atoms with Gasteiger partial charge in [0.25, 0.3) is 5.91 Å². The fourth-order valence-electron chi connectivity index (χ4n) is 3.95. The molecule has 0 unspecified atom stereocenters. The Hall–Kier alpha value is -2.96. The first kappa shape index (κ1) is 21.9. The number of aliphatic imine (C=N–C) groups is 1. The Labute approximate surface area is 203 Å². The molecular formula is C27H25N3OS2. The first-order chi connectivity index (χ1) is 16.1. The predicted molar refractivity (Wildman–Crippen MR) is 140 cm³/mol. The van der Waals surface area contributed by atoms with Crippen LogP contribution in [0.2, 0.25) is 0 Å². The fraction of sp³-hybridized carbons (Fsp3) is 0.185. The molecule has 0 N–H and O–H groups in total. The lowest BCUT2D eigenvalue weighted by atomic mass is 10.1. The summed E-state index contributed by atoms with van der Waals surface area (Å²) < 4.78 is 0. The van der Waals surface area contributed by atoms with Gasteiger partial charge in [-0.05, 0) is 61.9 Å². The standard InChI is InChI=1S/C27H25N3OS2/c1-3-29-22-11-7-8-12-23(22)32-26(29)24-25(31)30(18-17-20-9-5-4-6-10-20)27(33-24)28-21-15-13-19(2)14-16-21/h4-16H,3,17-18H2,1-2H3/b26-24-,28-27?. The normalized spacial score (nSPS) is 19.0. The van der Waals surface area contributed by atoms with Crippen molar-refractivity contribution in [2.24, 2.45) is 4.99 Å². The maximum atomic E-state index is 13.7. The lowest BCUT2D eigenvalue weighted by Crippen LogP contribution is -2.32. The number of fused-ring (bicyclic) bond motifs is 1. The quantitative estimate of drug-likeness (QED) is 0.393. The van der Waals surface area contributed by atoms with Gasteiger partial charge < -0.3 is 4.90 Å². The second-order valence-corrected chi connectivity index (χ2v) is 9.98. The molecule has 3 aromatic carbocycles. The Morgan fingerprint density at radius 2 is 1.58 bits per heavy atom. The van der Waals surface area contributed by atoms with E-state index < -0.39 is 0 Å². The van der Waals surface area contributed by atoms with Crippen LogP contribution in [0.5, 0.6) is 0 Å². The van der Waals surface area contributed by atoms with Gasteiger partial charge in [0.1, 0.15) is 9.93 Å². The Kier molecular flexibility index (Phi) is 6.29. The van der Waals surface area contributed by atoms with Gasteiger partial charge >= 0.3 is 0 Å². The molecule has 166 valence electrons. The monoisotopic (exact) mass is 471 g/mol. The summed E-state index contributed by atoms with van der Waals surface area (Å²) in [5, 5.41) is 1.75. The maximum Gasteiger partial charge on any atom is 0.269 e.